The van der Waals surface area contributed by atoms with Crippen molar-refractivity contribution < 1.29 is 4.74 Å². The van der Waals surface area contributed by atoms with Crippen LogP contribution < -0.4 is 0 Å². The summed E-state index contributed by atoms with van der Waals surface area (Å²) in [6, 6.07) is 0. The Balaban J connectivity index is 2.92. The second-order valence-electron chi connectivity index (χ2n) is 4.28. The Morgan fingerprint density at radius 3 is 1.79 bits per heavy atom. The molecule has 0 bridgehead atoms. The molecule has 3 heteroatoms. The zero-order valence-corrected chi connectivity index (χ0v) is 10.3. The summed E-state index contributed by atoms with van der Waals surface area (Å²) in [5, 5.41) is 0. The minimum absolute atomic E-state index is 0.903. The van der Waals surface area contributed by atoms with Crippen molar-refractivity contribution in [2.45, 2.75) is 19.3 Å². The molecule has 0 N–H and O–H groups in total. The molecule has 0 aliphatic rings. The molecule has 0 unspecified atom stereocenters. The van der Waals surface area contributed by atoms with Gasteiger partial charge in [-0.1, -0.05) is 0 Å². The van der Waals surface area contributed by atoms with Gasteiger partial charge in [0.15, 0.2) is 0 Å². The van der Waals surface area contributed by atoms with Crippen LogP contribution in [0.15, 0.2) is 0 Å². The average Bonchev–Trinajstić information content (AvgIpc) is 2.08. The van der Waals surface area contributed by atoms with E-state index in [0.717, 1.165) is 26.2 Å². The van der Waals surface area contributed by atoms with Crippen LogP contribution in [0.2, 0.25) is 0 Å². The molecule has 0 radical (unpaired) electrons. The lowest BCUT2D eigenvalue weighted by atomic mass is 10.3. The van der Waals surface area contributed by atoms with Crippen LogP contribution in [0, 0.1) is 0 Å². The number of unbranched alkanes of at least 4 members (excludes halogenated alkanes) is 1. The Hall–Kier alpha value is -0.120. The van der Waals surface area contributed by atoms with Gasteiger partial charge in [-0.3, -0.25) is 0 Å². The first-order valence-electron chi connectivity index (χ1n) is 5.50. The highest BCUT2D eigenvalue weighted by Crippen LogP contribution is 1.93. The quantitative estimate of drug-likeness (QED) is 0.524. The van der Waals surface area contributed by atoms with Gasteiger partial charge in [-0.2, -0.15) is 0 Å². The van der Waals surface area contributed by atoms with E-state index in [1.807, 2.05) is 0 Å². The molecule has 0 rings (SSSR count). The van der Waals surface area contributed by atoms with Crippen molar-refractivity contribution in [1.29, 1.82) is 0 Å². The fourth-order valence-corrected chi connectivity index (χ4v) is 1.22. The van der Waals surface area contributed by atoms with Gasteiger partial charge in [0.05, 0.1) is 0 Å². The predicted molar refractivity (Wildman–Crippen MR) is 61.8 cm³/mol. The van der Waals surface area contributed by atoms with E-state index < -0.39 is 0 Å². The summed E-state index contributed by atoms with van der Waals surface area (Å²) < 4.78 is 5.52. The highest BCUT2D eigenvalue weighted by molar-refractivity contribution is 4.46. The summed E-state index contributed by atoms with van der Waals surface area (Å²) in [6.07, 6.45) is 3.56. The van der Waals surface area contributed by atoms with E-state index >= 15 is 0 Å². The van der Waals surface area contributed by atoms with Crippen molar-refractivity contribution in [3.8, 4) is 0 Å². The van der Waals surface area contributed by atoms with Crippen LogP contribution in [-0.4, -0.2) is 64.3 Å². The van der Waals surface area contributed by atoms with Crippen LogP contribution in [0.1, 0.15) is 19.3 Å². The summed E-state index contributed by atoms with van der Waals surface area (Å²) >= 11 is 0. The second kappa shape index (κ2) is 9.44. The first-order chi connectivity index (χ1) is 6.63. The third kappa shape index (κ3) is 11.9. The van der Waals surface area contributed by atoms with Gasteiger partial charge < -0.3 is 14.5 Å². The molecule has 86 valence electrons. The lowest BCUT2D eigenvalue weighted by Gasteiger charge is -2.10. The number of hydrogen-bond donors (Lipinski definition) is 0. The van der Waals surface area contributed by atoms with E-state index in [9.17, 15) is 0 Å². The van der Waals surface area contributed by atoms with Crippen molar-refractivity contribution in [3.05, 3.63) is 0 Å². The molecule has 0 fully saturated rings. The summed E-state index contributed by atoms with van der Waals surface area (Å²) in [5.41, 5.74) is 0. The molecule has 0 amide bonds. The van der Waals surface area contributed by atoms with Crippen LogP contribution in [-0.2, 0) is 4.74 Å². The zero-order chi connectivity index (χ0) is 10.8. The normalized spacial score (nSPS) is 11.6. The van der Waals surface area contributed by atoms with Crippen molar-refractivity contribution in [2.75, 3.05) is 54.5 Å². The largest absolute Gasteiger partial charge is 0.381 e. The smallest absolute Gasteiger partial charge is 0.0478 e. The molecule has 0 aliphatic carbocycles. The maximum Gasteiger partial charge on any atom is 0.0478 e. The third-order valence-electron chi connectivity index (χ3n) is 2.04. The molecule has 0 aromatic heterocycles. The molecule has 0 saturated carbocycles. The number of nitrogens with zero attached hydrogens (tertiary/aromatic N) is 2. The van der Waals surface area contributed by atoms with E-state index in [1.165, 1.54) is 19.4 Å². The lowest BCUT2D eigenvalue weighted by Crippen LogP contribution is -2.15. The molecule has 14 heavy (non-hydrogen) atoms. The van der Waals surface area contributed by atoms with E-state index in [1.54, 1.807) is 0 Å². The van der Waals surface area contributed by atoms with Crippen LogP contribution in [0.4, 0.5) is 0 Å². The minimum atomic E-state index is 0.903. The minimum Gasteiger partial charge on any atom is -0.381 e. The van der Waals surface area contributed by atoms with Gasteiger partial charge in [0.25, 0.3) is 0 Å². The van der Waals surface area contributed by atoms with Gasteiger partial charge >= 0.3 is 0 Å². The molecular weight excluding hydrogens is 176 g/mol. The topological polar surface area (TPSA) is 15.7 Å². The molecule has 0 spiro atoms. The Morgan fingerprint density at radius 2 is 1.21 bits per heavy atom. The van der Waals surface area contributed by atoms with Gasteiger partial charge in [0.1, 0.15) is 0 Å². The highest BCUT2D eigenvalue weighted by Gasteiger charge is 1.93. The average molecular weight is 202 g/mol. The van der Waals surface area contributed by atoms with Gasteiger partial charge in [0.2, 0.25) is 0 Å². The van der Waals surface area contributed by atoms with Crippen molar-refractivity contribution in [1.82, 2.24) is 9.80 Å². The SMILES string of the molecule is CN(C)CCCCOCCCN(C)C. The predicted octanol–water partition coefficient (Wildman–Crippen LogP) is 1.30. The first-order valence-corrected chi connectivity index (χ1v) is 5.50. The van der Waals surface area contributed by atoms with Gasteiger partial charge in [-0.15, -0.1) is 0 Å². The fraction of sp³-hybridized carbons (Fsp3) is 1.00. The van der Waals surface area contributed by atoms with Gasteiger partial charge in [-0.25, -0.2) is 0 Å². The third-order valence-corrected chi connectivity index (χ3v) is 2.04. The summed E-state index contributed by atoms with van der Waals surface area (Å²) in [4.78, 5) is 4.40. The van der Waals surface area contributed by atoms with E-state index in [-0.39, 0.29) is 0 Å². The fourth-order valence-electron chi connectivity index (χ4n) is 1.22. The van der Waals surface area contributed by atoms with E-state index in [4.69, 9.17) is 4.74 Å². The van der Waals surface area contributed by atoms with E-state index in [0.29, 0.717) is 0 Å². The second-order valence-corrected chi connectivity index (χ2v) is 4.28. The first kappa shape index (κ1) is 13.9. The van der Waals surface area contributed by atoms with Crippen LogP contribution in [0.25, 0.3) is 0 Å². The zero-order valence-electron chi connectivity index (χ0n) is 10.3. The summed E-state index contributed by atoms with van der Waals surface area (Å²) in [5.74, 6) is 0. The Kier molecular flexibility index (Phi) is 9.35. The van der Waals surface area contributed by atoms with E-state index in [2.05, 4.69) is 38.0 Å². The van der Waals surface area contributed by atoms with Crippen molar-refractivity contribution in [3.63, 3.8) is 0 Å². The number of ether oxygens (including phenoxy) is 1. The van der Waals surface area contributed by atoms with Gasteiger partial charge in [-0.05, 0) is 60.5 Å². The van der Waals surface area contributed by atoms with Crippen LogP contribution >= 0.6 is 0 Å². The highest BCUT2D eigenvalue weighted by atomic mass is 16.5. The molecule has 3 nitrogen and oxygen atoms in total. The number of rotatable bonds is 9. The maximum absolute atomic E-state index is 5.52. The van der Waals surface area contributed by atoms with Crippen molar-refractivity contribution >= 4 is 0 Å². The molecule has 0 atom stereocenters. The Labute approximate surface area is 89.0 Å². The monoisotopic (exact) mass is 202 g/mol. The van der Waals surface area contributed by atoms with Crippen LogP contribution in [0.3, 0.4) is 0 Å². The molecule has 0 aromatic rings. The maximum atomic E-state index is 5.52. The molecule has 0 saturated heterocycles. The van der Waals surface area contributed by atoms with Gasteiger partial charge in [0, 0.05) is 13.2 Å². The molecule has 0 aliphatic heterocycles. The Bertz CT molecular complexity index is 102. The molecule has 0 heterocycles. The molecule has 0 aromatic carbocycles. The lowest BCUT2D eigenvalue weighted by molar-refractivity contribution is 0.121. The summed E-state index contributed by atoms with van der Waals surface area (Å²) in [7, 11) is 8.41. The molecular formula is C11H26N2O. The Morgan fingerprint density at radius 1 is 0.714 bits per heavy atom. The van der Waals surface area contributed by atoms with Crippen LogP contribution in [0.5, 0.6) is 0 Å². The summed E-state index contributed by atoms with van der Waals surface area (Å²) in [6.45, 7) is 4.11. The van der Waals surface area contributed by atoms with Crippen molar-refractivity contribution in [2.24, 2.45) is 0 Å². The number of hydrogen-bond acceptors (Lipinski definition) is 3. The standard InChI is InChI=1S/C11H26N2O/c1-12(2)8-5-6-10-14-11-7-9-13(3)4/h5-11H2,1-4H3.